The van der Waals surface area contributed by atoms with Crippen LogP contribution in [0.4, 0.5) is 11.4 Å². The first kappa shape index (κ1) is 40.5. The summed E-state index contributed by atoms with van der Waals surface area (Å²) in [5.74, 6) is 0. The molecule has 0 unspecified atom stereocenters. The van der Waals surface area contributed by atoms with Gasteiger partial charge in [0.2, 0.25) is 0 Å². The molecule has 5 heteroatoms. The maximum atomic E-state index is 6.59. The van der Waals surface area contributed by atoms with Gasteiger partial charge in [-0.2, -0.15) is 0 Å². The zero-order valence-corrected chi connectivity index (χ0v) is 41.4. The van der Waals surface area contributed by atoms with Gasteiger partial charge < -0.3 is 14.3 Å². The van der Waals surface area contributed by atoms with Crippen LogP contribution < -0.4 is 16.2 Å². The van der Waals surface area contributed by atoms with E-state index in [1.54, 1.807) is 0 Å². The van der Waals surface area contributed by atoms with Crippen molar-refractivity contribution in [2.24, 2.45) is 0 Å². The molecule has 68 heavy (non-hydrogen) atoms. The second-order valence-corrected chi connectivity index (χ2v) is 24.3. The number of benzene rings is 8. The van der Waals surface area contributed by atoms with Crippen LogP contribution in [0, 0.1) is 0 Å². The summed E-state index contributed by atoms with van der Waals surface area (Å²) in [6.07, 6.45) is 2.39. The van der Waals surface area contributed by atoms with Crippen LogP contribution in [-0.4, -0.2) is 11.8 Å². The highest BCUT2D eigenvalue weighted by molar-refractivity contribution is 7.26. The Labute approximate surface area is 403 Å². The Morgan fingerprint density at radius 1 is 0.574 bits per heavy atom. The summed E-state index contributed by atoms with van der Waals surface area (Å²) in [5, 5.41) is 11.6. The average Bonchev–Trinajstić information content (AvgIpc) is 4.04. The van der Waals surface area contributed by atoms with E-state index in [-0.39, 0.29) is 21.7 Å². The van der Waals surface area contributed by atoms with Crippen LogP contribution in [0.15, 0.2) is 138 Å². The normalized spacial score (nSPS) is 16.4. The molecule has 8 aromatic carbocycles. The molecule has 0 radical (unpaired) electrons. The maximum Gasteiger partial charge on any atom is 0.198 e. The monoisotopic (exact) mass is 898 g/mol. The topological polar surface area (TPSA) is 30.1 Å². The van der Waals surface area contributed by atoms with Gasteiger partial charge in [0.25, 0.3) is 0 Å². The van der Waals surface area contributed by atoms with E-state index in [9.17, 15) is 0 Å². The number of rotatable bonds is 3. The molecule has 0 fully saturated rings. The Bertz CT molecular complexity index is 4030. The van der Waals surface area contributed by atoms with Crippen molar-refractivity contribution in [3.05, 3.63) is 161 Å². The summed E-state index contributed by atoms with van der Waals surface area (Å²) < 4.78 is 11.9. The zero-order chi connectivity index (χ0) is 46.4. The number of para-hydroxylation sites is 1. The van der Waals surface area contributed by atoms with Gasteiger partial charge in [-0.1, -0.05) is 135 Å². The molecule has 3 nitrogen and oxygen atoms in total. The van der Waals surface area contributed by atoms with Crippen molar-refractivity contribution in [3.8, 4) is 27.9 Å². The van der Waals surface area contributed by atoms with Crippen molar-refractivity contribution in [1.82, 2.24) is 4.57 Å². The second kappa shape index (κ2) is 13.4. The molecule has 0 bridgehead atoms. The van der Waals surface area contributed by atoms with Crippen molar-refractivity contribution in [2.75, 3.05) is 5.32 Å². The fourth-order valence-electron chi connectivity index (χ4n) is 12.9. The standard InChI is InChI=1S/C63H55BN2OS/c1-60(2,3)34-18-20-35(21-19-34)65-49-32-45-40(41-29-46-47(31-44(41)63(45,8)9)62(6,7)27-26-61(46,4)5)28-42(49)37-22-23-39-56-50(24-25-53-57(56)38-15-10-12-16-52(38)67-53)66-51-30-43-36-14-11-13-17-54(36)68-55(43)33-48(51)64-58(37)59(39)66/h10-25,28-33,64-65H,26-27H2,1-9H3. The Morgan fingerprint density at radius 3 is 2.06 bits per heavy atom. The van der Waals surface area contributed by atoms with Crippen molar-refractivity contribution < 1.29 is 4.42 Å². The molecule has 0 saturated carbocycles. The molecule has 0 amide bonds. The maximum absolute atomic E-state index is 6.59. The summed E-state index contributed by atoms with van der Waals surface area (Å²) >= 11 is 1.91. The molecule has 3 aromatic heterocycles. The molecule has 332 valence electrons. The molecule has 0 spiro atoms. The lowest BCUT2D eigenvalue weighted by Crippen LogP contribution is -2.37. The lowest BCUT2D eigenvalue weighted by Gasteiger charge is -2.42. The molecule has 0 saturated heterocycles. The predicted molar refractivity (Wildman–Crippen MR) is 294 cm³/mol. The third-order valence-electron chi connectivity index (χ3n) is 16.8. The van der Waals surface area contributed by atoms with Crippen LogP contribution in [0.25, 0.3) is 91.9 Å². The van der Waals surface area contributed by atoms with Gasteiger partial charge in [-0.25, -0.2) is 0 Å². The zero-order valence-electron chi connectivity index (χ0n) is 40.6. The van der Waals surface area contributed by atoms with Gasteiger partial charge in [0.05, 0.1) is 5.52 Å². The van der Waals surface area contributed by atoms with E-state index in [1.165, 1.54) is 127 Å². The predicted octanol–water partition coefficient (Wildman–Crippen LogP) is 16.1. The van der Waals surface area contributed by atoms with E-state index in [0.29, 0.717) is 0 Å². The number of anilines is 2. The third kappa shape index (κ3) is 5.48. The number of fused-ring (bicyclic) bond motifs is 16. The van der Waals surface area contributed by atoms with E-state index in [2.05, 4.69) is 206 Å². The quantitative estimate of drug-likeness (QED) is 0.179. The third-order valence-corrected chi connectivity index (χ3v) is 18.0. The molecule has 1 N–H and O–H groups in total. The lowest BCUT2D eigenvalue weighted by atomic mass is 9.59. The van der Waals surface area contributed by atoms with Gasteiger partial charge in [-0.15, -0.1) is 11.3 Å². The number of nitrogens with one attached hydrogen (secondary N) is 1. The Kier molecular flexibility index (Phi) is 7.96. The number of aromatic nitrogens is 1. The second-order valence-electron chi connectivity index (χ2n) is 23.2. The van der Waals surface area contributed by atoms with Crippen LogP contribution in [0.3, 0.4) is 0 Å². The lowest BCUT2D eigenvalue weighted by molar-refractivity contribution is 0.331. The van der Waals surface area contributed by atoms with Gasteiger partial charge in [-0.05, 0) is 146 Å². The summed E-state index contributed by atoms with van der Waals surface area (Å²) in [7, 11) is 0.827. The molecule has 3 aliphatic rings. The first-order valence-corrected chi connectivity index (χ1v) is 25.5. The minimum absolute atomic E-state index is 0.0674. The number of hydrogen-bond acceptors (Lipinski definition) is 3. The molecule has 14 rings (SSSR count). The van der Waals surface area contributed by atoms with Crippen molar-refractivity contribution in [3.63, 3.8) is 0 Å². The summed E-state index contributed by atoms with van der Waals surface area (Å²) in [4.78, 5) is 0. The summed E-state index contributed by atoms with van der Waals surface area (Å²) in [6.45, 7) is 21.6. The minimum atomic E-state index is -0.180. The highest BCUT2D eigenvalue weighted by Gasteiger charge is 2.43. The number of nitrogens with zero attached hydrogens (tertiary/aromatic N) is 1. The molecular formula is C63H55BN2OS. The van der Waals surface area contributed by atoms with E-state index >= 15 is 0 Å². The van der Waals surface area contributed by atoms with Crippen molar-refractivity contribution >= 4 is 105 Å². The van der Waals surface area contributed by atoms with Crippen LogP contribution >= 0.6 is 11.3 Å². The fraction of sp³-hybridized carbons (Fsp3) is 0.238. The van der Waals surface area contributed by atoms with E-state index in [0.717, 1.165) is 35.2 Å². The van der Waals surface area contributed by atoms with Crippen LogP contribution in [0.2, 0.25) is 0 Å². The minimum Gasteiger partial charge on any atom is -0.456 e. The Balaban J connectivity index is 1.07. The fourth-order valence-corrected chi connectivity index (χ4v) is 14.0. The Morgan fingerprint density at radius 2 is 1.28 bits per heavy atom. The number of thiophene rings is 1. The van der Waals surface area contributed by atoms with Crippen LogP contribution in [-0.2, 0) is 21.7 Å². The molecule has 2 aliphatic carbocycles. The molecular weight excluding hydrogens is 844 g/mol. The molecule has 11 aromatic rings. The SMILES string of the molecule is CC(C)(C)c1ccc(Nc2cc3c(cc2-c2ccc4c5c6c(ccc5n5c4c2Bc2cc4sc7ccccc7c4cc2-5)oc2ccccc26)-c2cc4c(cc2C3(C)C)C(C)(C)CCC4(C)C)cc1. The number of hydrogen-bond donors (Lipinski definition) is 1. The average molecular weight is 899 g/mol. The van der Waals surface area contributed by atoms with E-state index in [1.807, 2.05) is 11.3 Å². The van der Waals surface area contributed by atoms with Gasteiger partial charge in [0.1, 0.15) is 11.2 Å². The largest absolute Gasteiger partial charge is 0.456 e. The first-order chi connectivity index (χ1) is 32.5. The van der Waals surface area contributed by atoms with Gasteiger partial charge >= 0.3 is 0 Å². The molecule has 1 aliphatic heterocycles. The van der Waals surface area contributed by atoms with Crippen molar-refractivity contribution in [1.29, 1.82) is 0 Å². The number of furan rings is 1. The van der Waals surface area contributed by atoms with E-state index in [4.69, 9.17) is 4.42 Å². The highest BCUT2D eigenvalue weighted by atomic mass is 32.1. The van der Waals surface area contributed by atoms with Crippen molar-refractivity contribution in [2.45, 2.75) is 96.8 Å². The van der Waals surface area contributed by atoms with Gasteiger partial charge in [0, 0.05) is 75.3 Å². The first-order valence-electron chi connectivity index (χ1n) is 24.7. The molecule has 0 atom stereocenters. The summed E-state index contributed by atoms with van der Waals surface area (Å²) in [5.41, 5.74) is 23.2. The van der Waals surface area contributed by atoms with E-state index < -0.39 is 0 Å². The van der Waals surface area contributed by atoms with Crippen LogP contribution in [0.5, 0.6) is 0 Å². The Hall–Kier alpha value is -6.56. The van der Waals surface area contributed by atoms with Gasteiger partial charge in [-0.3, -0.25) is 0 Å². The highest BCUT2D eigenvalue weighted by Crippen LogP contribution is 2.56. The molecule has 4 heterocycles. The summed E-state index contributed by atoms with van der Waals surface area (Å²) in [6, 6.07) is 51.2. The smallest absolute Gasteiger partial charge is 0.198 e. The van der Waals surface area contributed by atoms with Crippen LogP contribution in [0.1, 0.15) is 103 Å². The van der Waals surface area contributed by atoms with Gasteiger partial charge in [0.15, 0.2) is 7.28 Å².